The molecule has 0 fully saturated rings. The largest absolute Gasteiger partial charge is 0.351 e. The van der Waals surface area contributed by atoms with Crippen molar-refractivity contribution in [2.24, 2.45) is 0 Å². The van der Waals surface area contributed by atoms with Gasteiger partial charge < -0.3 is 10.2 Å². The van der Waals surface area contributed by atoms with Crippen LogP contribution in [-0.2, 0) is 0 Å². The first kappa shape index (κ1) is 17.1. The van der Waals surface area contributed by atoms with Crippen LogP contribution in [-0.4, -0.2) is 29.0 Å². The van der Waals surface area contributed by atoms with Gasteiger partial charge in [0.05, 0.1) is 9.85 Å². The maximum Gasteiger partial charge on any atom is 0.270 e. The van der Waals surface area contributed by atoms with Crippen LogP contribution < -0.4 is 10.2 Å². The molecule has 0 saturated heterocycles. The van der Waals surface area contributed by atoms with Gasteiger partial charge in [0.25, 0.3) is 17.3 Å². The quantitative estimate of drug-likeness (QED) is 0.666. The average molecular weight is 354 g/mol. The number of carbonyl (C=O) groups is 1. The molecule has 3 rings (SSSR count). The number of carbonyl (C=O) groups excluding carboxylic acids is 1. The van der Waals surface area contributed by atoms with Crippen LogP contribution >= 0.6 is 0 Å². The van der Waals surface area contributed by atoms with E-state index in [0.717, 1.165) is 5.69 Å². The maximum atomic E-state index is 12.4. The molecule has 0 saturated carbocycles. The van der Waals surface area contributed by atoms with Crippen molar-refractivity contribution < 1.29 is 14.6 Å². The third-order valence-electron chi connectivity index (χ3n) is 4.10. The Kier molecular flexibility index (Phi) is 4.36. The van der Waals surface area contributed by atoms with E-state index in [0.29, 0.717) is 11.1 Å². The number of hydrogen-bond acceptors (Lipinski definition) is 6. The maximum absolute atomic E-state index is 12.4. The third-order valence-corrected chi connectivity index (χ3v) is 4.10. The van der Waals surface area contributed by atoms with Gasteiger partial charge in [-0.2, -0.15) is 0 Å². The van der Waals surface area contributed by atoms with E-state index >= 15 is 0 Å². The highest BCUT2D eigenvalue weighted by Gasteiger charge is 2.23. The van der Waals surface area contributed by atoms with Crippen LogP contribution in [0.2, 0.25) is 0 Å². The zero-order chi connectivity index (χ0) is 18.8. The number of nitro benzene ring substituents is 2. The molecule has 1 unspecified atom stereocenters. The molecule has 2 aromatic rings. The van der Waals surface area contributed by atoms with Crippen molar-refractivity contribution in [2.75, 3.05) is 11.9 Å². The molecule has 1 N–H and O–H groups in total. The van der Waals surface area contributed by atoms with Crippen LogP contribution in [0.1, 0.15) is 15.9 Å². The SMILES string of the molecule is CN1c2ccc([N+](=O)[O-])cc2C=CC1NC(=O)c1ccc([N+](=O)[O-])cc1. The Bertz CT molecular complexity index is 923. The Labute approximate surface area is 147 Å². The predicted octanol–water partition coefficient (Wildman–Crippen LogP) is 2.72. The summed E-state index contributed by atoms with van der Waals surface area (Å²) in [6.45, 7) is 0. The normalized spacial score (nSPS) is 15.3. The van der Waals surface area contributed by atoms with E-state index in [2.05, 4.69) is 5.32 Å². The van der Waals surface area contributed by atoms with Gasteiger partial charge >= 0.3 is 0 Å². The van der Waals surface area contributed by atoms with E-state index < -0.39 is 16.0 Å². The van der Waals surface area contributed by atoms with Crippen molar-refractivity contribution in [3.63, 3.8) is 0 Å². The molecule has 1 atom stereocenters. The third kappa shape index (κ3) is 3.22. The van der Waals surface area contributed by atoms with Gasteiger partial charge in [-0.1, -0.05) is 6.08 Å². The van der Waals surface area contributed by atoms with Gasteiger partial charge in [-0.3, -0.25) is 25.0 Å². The lowest BCUT2D eigenvalue weighted by Crippen LogP contribution is -2.46. The summed E-state index contributed by atoms with van der Waals surface area (Å²) >= 11 is 0. The van der Waals surface area contributed by atoms with Gasteiger partial charge in [-0.05, 0) is 24.3 Å². The van der Waals surface area contributed by atoms with E-state index in [-0.39, 0.29) is 17.3 Å². The summed E-state index contributed by atoms with van der Waals surface area (Å²) in [6, 6.07) is 9.81. The van der Waals surface area contributed by atoms with Crippen LogP contribution in [0.4, 0.5) is 17.1 Å². The van der Waals surface area contributed by atoms with Gasteiger partial charge in [0.1, 0.15) is 6.17 Å². The first-order valence-corrected chi connectivity index (χ1v) is 7.61. The van der Waals surface area contributed by atoms with E-state index in [4.69, 9.17) is 0 Å². The van der Waals surface area contributed by atoms with Crippen LogP contribution in [0.3, 0.4) is 0 Å². The second-order valence-electron chi connectivity index (χ2n) is 5.69. The molecule has 2 aromatic carbocycles. The lowest BCUT2D eigenvalue weighted by Gasteiger charge is -2.32. The summed E-state index contributed by atoms with van der Waals surface area (Å²) in [7, 11) is 1.76. The molecular weight excluding hydrogens is 340 g/mol. The van der Waals surface area contributed by atoms with E-state index in [1.165, 1.54) is 36.4 Å². The van der Waals surface area contributed by atoms with Crippen molar-refractivity contribution in [2.45, 2.75) is 6.17 Å². The summed E-state index contributed by atoms with van der Waals surface area (Å²) in [5.41, 5.74) is 1.63. The van der Waals surface area contributed by atoms with Crippen LogP contribution in [0.25, 0.3) is 6.08 Å². The minimum absolute atomic E-state index is 0.00448. The Morgan fingerprint density at radius 2 is 1.65 bits per heavy atom. The summed E-state index contributed by atoms with van der Waals surface area (Å²) in [6.07, 6.45) is 2.98. The first-order chi connectivity index (χ1) is 12.4. The number of rotatable bonds is 4. The number of likely N-dealkylation sites (N-methyl/N-ethyl adjacent to an activating group) is 1. The number of hydrogen-bond donors (Lipinski definition) is 1. The second kappa shape index (κ2) is 6.63. The van der Waals surface area contributed by atoms with Gasteiger partial charge in [0.2, 0.25) is 0 Å². The highest BCUT2D eigenvalue weighted by atomic mass is 16.6. The lowest BCUT2D eigenvalue weighted by atomic mass is 10.1. The van der Waals surface area contributed by atoms with E-state index in [9.17, 15) is 25.0 Å². The average Bonchev–Trinajstić information content (AvgIpc) is 2.63. The van der Waals surface area contributed by atoms with Crippen LogP contribution in [0.15, 0.2) is 48.5 Å². The van der Waals surface area contributed by atoms with Crippen LogP contribution in [0, 0.1) is 20.2 Å². The molecule has 0 spiro atoms. The molecule has 0 radical (unpaired) electrons. The van der Waals surface area contributed by atoms with Gasteiger partial charge in [0.15, 0.2) is 0 Å². The minimum atomic E-state index is -0.532. The fourth-order valence-corrected chi connectivity index (χ4v) is 2.68. The molecule has 1 amide bonds. The van der Waals surface area contributed by atoms with Gasteiger partial charge in [-0.15, -0.1) is 0 Å². The van der Waals surface area contributed by atoms with Gasteiger partial charge in [-0.25, -0.2) is 0 Å². The first-order valence-electron chi connectivity index (χ1n) is 7.61. The summed E-state index contributed by atoms with van der Waals surface area (Å²) < 4.78 is 0. The Morgan fingerprint density at radius 1 is 1.04 bits per heavy atom. The van der Waals surface area contributed by atoms with Crippen LogP contribution in [0.5, 0.6) is 0 Å². The fourth-order valence-electron chi connectivity index (χ4n) is 2.68. The number of nitrogens with one attached hydrogen (secondary N) is 1. The highest BCUT2D eigenvalue weighted by molar-refractivity contribution is 5.95. The molecule has 26 heavy (non-hydrogen) atoms. The smallest absolute Gasteiger partial charge is 0.270 e. The zero-order valence-corrected chi connectivity index (χ0v) is 13.7. The van der Waals surface area contributed by atoms with Crippen molar-refractivity contribution in [3.05, 3.63) is 79.9 Å². The van der Waals surface area contributed by atoms with Crippen molar-refractivity contribution in [3.8, 4) is 0 Å². The number of amides is 1. The molecule has 0 bridgehead atoms. The molecule has 1 heterocycles. The molecule has 1 aliphatic heterocycles. The standard InChI is InChI=1S/C17H14N4O5/c1-19-15-8-7-14(21(25)26)10-12(15)4-9-16(19)18-17(22)11-2-5-13(6-3-11)20(23)24/h2-10,16H,1H3,(H,18,22). The highest BCUT2D eigenvalue weighted by Crippen LogP contribution is 2.30. The predicted molar refractivity (Wildman–Crippen MR) is 94.9 cm³/mol. The molecule has 9 heteroatoms. The number of nitrogens with zero attached hydrogens (tertiary/aromatic N) is 3. The minimum Gasteiger partial charge on any atom is -0.351 e. The Balaban J connectivity index is 1.76. The number of benzene rings is 2. The fraction of sp³-hybridized carbons (Fsp3) is 0.118. The topological polar surface area (TPSA) is 119 Å². The van der Waals surface area contributed by atoms with Crippen molar-refractivity contribution in [1.29, 1.82) is 0 Å². The zero-order valence-electron chi connectivity index (χ0n) is 13.7. The number of fused-ring (bicyclic) bond motifs is 1. The number of nitro groups is 2. The Hall–Kier alpha value is -3.75. The molecule has 132 valence electrons. The van der Waals surface area contributed by atoms with Gasteiger partial charge in [0, 0.05) is 48.1 Å². The molecule has 0 aliphatic carbocycles. The molecule has 9 nitrogen and oxygen atoms in total. The lowest BCUT2D eigenvalue weighted by molar-refractivity contribution is -0.385. The summed E-state index contributed by atoms with van der Waals surface area (Å²) in [5, 5.41) is 24.4. The molecule has 0 aromatic heterocycles. The van der Waals surface area contributed by atoms with Crippen molar-refractivity contribution in [1.82, 2.24) is 5.32 Å². The monoisotopic (exact) mass is 354 g/mol. The molecule has 1 aliphatic rings. The van der Waals surface area contributed by atoms with E-state index in [1.807, 2.05) is 0 Å². The Morgan fingerprint density at radius 3 is 2.27 bits per heavy atom. The number of non-ortho nitro benzene ring substituents is 2. The van der Waals surface area contributed by atoms with E-state index in [1.54, 1.807) is 30.2 Å². The molecular formula is C17H14N4O5. The second-order valence-corrected chi connectivity index (χ2v) is 5.69. The summed E-state index contributed by atoms with van der Waals surface area (Å²) in [4.78, 5) is 34.7. The number of anilines is 1. The summed E-state index contributed by atoms with van der Waals surface area (Å²) in [5.74, 6) is -0.383. The van der Waals surface area contributed by atoms with Crippen molar-refractivity contribution >= 4 is 29.0 Å².